The molecule has 1 aromatic heterocycles. The van der Waals surface area contributed by atoms with Gasteiger partial charge in [-0.15, -0.1) is 5.10 Å². The zero-order chi connectivity index (χ0) is 20.6. The highest BCUT2D eigenvalue weighted by atomic mass is 79.9. The maximum absolute atomic E-state index is 6.02. The lowest BCUT2D eigenvalue weighted by molar-refractivity contribution is 0.282. The second-order valence-corrected chi connectivity index (χ2v) is 8.41. The normalized spacial score (nSPS) is 10.9. The number of hydrogen-bond acceptors (Lipinski definition) is 7. The van der Waals surface area contributed by atoms with Crippen molar-refractivity contribution in [2.24, 2.45) is 7.05 Å². The first-order chi connectivity index (χ1) is 14.1. The maximum Gasteiger partial charge on any atom is 0.209 e. The van der Waals surface area contributed by atoms with Crippen molar-refractivity contribution >= 4 is 27.7 Å². The number of ether oxygens (including phenoxy) is 2. The number of nitrogens with one attached hydrogen (secondary N) is 1. The highest BCUT2D eigenvalue weighted by Gasteiger charge is 2.12. The molecule has 0 spiro atoms. The minimum atomic E-state index is 0.487. The van der Waals surface area contributed by atoms with E-state index in [4.69, 9.17) is 9.47 Å². The summed E-state index contributed by atoms with van der Waals surface area (Å²) in [5.74, 6) is 2.30. The molecule has 0 radical (unpaired) electrons. The molecular formula is C20H24BrN5O2S. The zero-order valence-electron chi connectivity index (χ0n) is 16.7. The van der Waals surface area contributed by atoms with E-state index in [1.807, 2.05) is 13.1 Å². The number of nitrogens with zero attached hydrogens (tertiary/aromatic N) is 4. The standard InChI is InChI=1S/C20H24BrN5O2S/c1-14-4-6-15(7-5-14)13-28-19-17(21)10-16(11-18(19)27-3)12-22-8-9-29-20-23-24-25-26(20)2/h4-7,10-11,22H,8-9,12-13H2,1-3H3. The quantitative estimate of drug-likeness (QED) is 0.352. The van der Waals surface area contributed by atoms with Gasteiger partial charge in [-0.2, -0.15) is 0 Å². The Bertz CT molecular complexity index is 933. The number of aryl methyl sites for hydroxylation is 2. The van der Waals surface area contributed by atoms with E-state index in [2.05, 4.69) is 74.0 Å². The highest BCUT2D eigenvalue weighted by molar-refractivity contribution is 9.10. The van der Waals surface area contributed by atoms with E-state index < -0.39 is 0 Å². The lowest BCUT2D eigenvalue weighted by atomic mass is 10.1. The van der Waals surface area contributed by atoms with E-state index in [-0.39, 0.29) is 0 Å². The van der Waals surface area contributed by atoms with Gasteiger partial charge in [-0.1, -0.05) is 41.6 Å². The third-order valence-electron chi connectivity index (χ3n) is 4.21. The number of thioether (sulfide) groups is 1. The van der Waals surface area contributed by atoms with Crippen molar-refractivity contribution in [2.75, 3.05) is 19.4 Å². The Morgan fingerprint density at radius 2 is 1.97 bits per heavy atom. The summed E-state index contributed by atoms with van der Waals surface area (Å²) in [5.41, 5.74) is 3.46. The molecule has 0 saturated carbocycles. The van der Waals surface area contributed by atoms with Gasteiger partial charge in [0, 0.05) is 25.9 Å². The lowest BCUT2D eigenvalue weighted by Gasteiger charge is -2.15. The van der Waals surface area contributed by atoms with Crippen LogP contribution in [0.3, 0.4) is 0 Å². The second-order valence-electron chi connectivity index (χ2n) is 6.49. The molecule has 0 aliphatic heterocycles. The molecule has 0 aliphatic carbocycles. The third kappa shape index (κ3) is 6.19. The summed E-state index contributed by atoms with van der Waals surface area (Å²) in [6.07, 6.45) is 0. The van der Waals surface area contributed by atoms with E-state index in [9.17, 15) is 0 Å². The zero-order valence-corrected chi connectivity index (χ0v) is 19.1. The van der Waals surface area contributed by atoms with Crippen LogP contribution in [0.2, 0.25) is 0 Å². The Labute approximate surface area is 183 Å². The van der Waals surface area contributed by atoms with Crippen molar-refractivity contribution in [2.45, 2.75) is 25.2 Å². The minimum absolute atomic E-state index is 0.487. The lowest BCUT2D eigenvalue weighted by Crippen LogP contribution is -2.17. The molecule has 0 amide bonds. The fourth-order valence-electron chi connectivity index (χ4n) is 2.65. The van der Waals surface area contributed by atoms with Gasteiger partial charge in [0.05, 0.1) is 11.6 Å². The number of hydrogen-bond donors (Lipinski definition) is 1. The molecule has 0 unspecified atom stereocenters. The van der Waals surface area contributed by atoms with Crippen LogP contribution in [0, 0.1) is 6.92 Å². The van der Waals surface area contributed by atoms with Crippen LogP contribution in [0.1, 0.15) is 16.7 Å². The monoisotopic (exact) mass is 477 g/mol. The summed E-state index contributed by atoms with van der Waals surface area (Å²) >= 11 is 5.24. The molecule has 0 bridgehead atoms. The van der Waals surface area contributed by atoms with Gasteiger partial charge in [-0.25, -0.2) is 4.68 Å². The molecule has 0 saturated heterocycles. The topological polar surface area (TPSA) is 74.1 Å². The molecule has 29 heavy (non-hydrogen) atoms. The van der Waals surface area contributed by atoms with Crippen molar-refractivity contribution in [1.29, 1.82) is 0 Å². The van der Waals surface area contributed by atoms with Gasteiger partial charge in [0.25, 0.3) is 0 Å². The van der Waals surface area contributed by atoms with Crippen molar-refractivity contribution in [3.05, 3.63) is 57.6 Å². The van der Waals surface area contributed by atoms with Gasteiger partial charge >= 0.3 is 0 Å². The molecule has 0 aliphatic rings. The van der Waals surface area contributed by atoms with Gasteiger partial charge in [0.1, 0.15) is 6.61 Å². The van der Waals surface area contributed by atoms with Gasteiger partial charge in [0.2, 0.25) is 5.16 Å². The van der Waals surface area contributed by atoms with Crippen LogP contribution in [0.4, 0.5) is 0 Å². The first-order valence-corrected chi connectivity index (χ1v) is 11.0. The fourth-order valence-corrected chi connectivity index (χ4v) is 4.00. The summed E-state index contributed by atoms with van der Waals surface area (Å²) in [5, 5.41) is 15.7. The van der Waals surface area contributed by atoms with E-state index in [1.165, 1.54) is 5.56 Å². The molecule has 0 atom stereocenters. The number of tetrazole rings is 1. The first kappa shape index (κ1) is 21.6. The number of methoxy groups -OCH3 is 1. The van der Waals surface area contributed by atoms with Crippen LogP contribution in [0.15, 0.2) is 46.0 Å². The van der Waals surface area contributed by atoms with Gasteiger partial charge < -0.3 is 14.8 Å². The van der Waals surface area contributed by atoms with Crippen LogP contribution < -0.4 is 14.8 Å². The van der Waals surface area contributed by atoms with Crippen LogP contribution >= 0.6 is 27.7 Å². The smallest absolute Gasteiger partial charge is 0.209 e. The summed E-state index contributed by atoms with van der Waals surface area (Å²) in [4.78, 5) is 0. The largest absolute Gasteiger partial charge is 0.493 e. The Morgan fingerprint density at radius 1 is 1.17 bits per heavy atom. The van der Waals surface area contributed by atoms with Gasteiger partial charge in [-0.05, 0) is 56.5 Å². The molecule has 1 N–H and O–H groups in total. The van der Waals surface area contributed by atoms with Crippen LogP contribution in [0.5, 0.6) is 11.5 Å². The Kier molecular flexibility index (Phi) is 7.91. The van der Waals surface area contributed by atoms with E-state index >= 15 is 0 Å². The molecular weight excluding hydrogens is 454 g/mol. The summed E-state index contributed by atoms with van der Waals surface area (Å²) in [6.45, 7) is 4.12. The van der Waals surface area contributed by atoms with Crippen molar-refractivity contribution < 1.29 is 9.47 Å². The fraction of sp³-hybridized carbons (Fsp3) is 0.350. The molecule has 154 valence electrons. The second kappa shape index (κ2) is 10.6. The summed E-state index contributed by atoms with van der Waals surface area (Å²) < 4.78 is 14.1. The Morgan fingerprint density at radius 3 is 2.66 bits per heavy atom. The van der Waals surface area contributed by atoms with Crippen LogP contribution in [-0.4, -0.2) is 39.6 Å². The highest BCUT2D eigenvalue weighted by Crippen LogP contribution is 2.37. The number of halogens is 1. The van der Waals surface area contributed by atoms with Gasteiger partial charge in [-0.3, -0.25) is 0 Å². The predicted molar refractivity (Wildman–Crippen MR) is 117 cm³/mol. The number of rotatable bonds is 10. The number of aromatic nitrogens is 4. The molecule has 1 heterocycles. The summed E-state index contributed by atoms with van der Waals surface area (Å²) in [6, 6.07) is 12.4. The molecule has 0 fully saturated rings. The SMILES string of the molecule is COc1cc(CNCCSc2nnnn2C)cc(Br)c1OCc1ccc(C)cc1. The van der Waals surface area contributed by atoms with Crippen molar-refractivity contribution in [1.82, 2.24) is 25.5 Å². The molecule has 3 aromatic rings. The van der Waals surface area contributed by atoms with Crippen molar-refractivity contribution in [3.63, 3.8) is 0 Å². The molecule has 9 heteroatoms. The summed E-state index contributed by atoms with van der Waals surface area (Å²) in [7, 11) is 3.49. The van der Waals surface area contributed by atoms with Crippen LogP contribution in [0.25, 0.3) is 0 Å². The minimum Gasteiger partial charge on any atom is -0.493 e. The Hall–Kier alpha value is -2.10. The van der Waals surface area contributed by atoms with Gasteiger partial charge in [0.15, 0.2) is 11.5 Å². The molecule has 3 rings (SSSR count). The van der Waals surface area contributed by atoms with E-state index in [0.29, 0.717) is 18.1 Å². The average Bonchev–Trinajstić information content (AvgIpc) is 3.12. The maximum atomic E-state index is 6.02. The van der Waals surface area contributed by atoms with Crippen LogP contribution in [-0.2, 0) is 20.2 Å². The van der Waals surface area contributed by atoms with E-state index in [0.717, 1.165) is 39.6 Å². The van der Waals surface area contributed by atoms with Crippen molar-refractivity contribution in [3.8, 4) is 11.5 Å². The number of benzene rings is 2. The Balaban J connectivity index is 1.53. The third-order valence-corrected chi connectivity index (χ3v) is 5.81. The average molecular weight is 478 g/mol. The predicted octanol–water partition coefficient (Wildman–Crippen LogP) is 3.75. The molecule has 2 aromatic carbocycles. The first-order valence-electron chi connectivity index (χ1n) is 9.17. The van der Waals surface area contributed by atoms with E-state index in [1.54, 1.807) is 23.6 Å². The molecule has 7 nitrogen and oxygen atoms in total.